The fourth-order valence-electron chi connectivity index (χ4n) is 2.26. The van der Waals surface area contributed by atoms with Crippen LogP contribution < -0.4 is 0 Å². The van der Waals surface area contributed by atoms with Gasteiger partial charge in [-0.3, -0.25) is 4.55 Å². The first-order valence-electron chi connectivity index (χ1n) is 6.92. The van der Waals surface area contributed by atoms with Crippen molar-refractivity contribution in [2.75, 3.05) is 0 Å². The average Bonchev–Trinajstić information content (AvgIpc) is 2.52. The predicted molar refractivity (Wildman–Crippen MR) is 89.1 cm³/mol. The summed E-state index contributed by atoms with van der Waals surface area (Å²) in [5.74, 6) is 0. The number of nitrogens with zero attached hydrogens (tertiary/aromatic N) is 2. The van der Waals surface area contributed by atoms with Crippen molar-refractivity contribution in [3.63, 3.8) is 0 Å². The lowest BCUT2D eigenvalue weighted by atomic mass is 10.1. The monoisotopic (exact) mass is 326 g/mol. The number of azo groups is 1. The lowest BCUT2D eigenvalue weighted by Gasteiger charge is -2.05. The molecular weight excluding hydrogens is 312 g/mol. The highest BCUT2D eigenvalue weighted by Crippen LogP contribution is 2.29. The fourth-order valence-corrected chi connectivity index (χ4v) is 2.99. The third kappa shape index (κ3) is 3.44. The van der Waals surface area contributed by atoms with Crippen molar-refractivity contribution >= 4 is 32.3 Å². The Balaban J connectivity index is 2.10. The molecule has 3 aromatic carbocycles. The summed E-state index contributed by atoms with van der Waals surface area (Å²) in [5, 5.41) is 9.29. The Morgan fingerprint density at radius 1 is 0.870 bits per heavy atom. The van der Waals surface area contributed by atoms with Crippen LogP contribution in [0.2, 0.25) is 0 Å². The van der Waals surface area contributed by atoms with Gasteiger partial charge in [-0.2, -0.15) is 18.6 Å². The Hall–Kier alpha value is -2.57. The van der Waals surface area contributed by atoms with Crippen molar-refractivity contribution in [1.82, 2.24) is 0 Å². The van der Waals surface area contributed by atoms with E-state index in [-0.39, 0.29) is 4.90 Å². The lowest BCUT2D eigenvalue weighted by molar-refractivity contribution is 0.484. The minimum atomic E-state index is -4.34. The molecule has 0 aliphatic rings. The van der Waals surface area contributed by atoms with E-state index in [1.807, 2.05) is 31.2 Å². The molecule has 5 nitrogen and oxygen atoms in total. The van der Waals surface area contributed by atoms with Gasteiger partial charge in [0.15, 0.2) is 0 Å². The van der Waals surface area contributed by atoms with Crippen LogP contribution in [0.1, 0.15) is 5.56 Å². The summed E-state index contributed by atoms with van der Waals surface area (Å²) in [4.78, 5) is -0.173. The van der Waals surface area contributed by atoms with E-state index in [0.29, 0.717) is 22.1 Å². The molecule has 0 bridgehead atoms. The van der Waals surface area contributed by atoms with Crippen LogP contribution in [0, 0.1) is 6.92 Å². The third-order valence-corrected chi connectivity index (χ3v) is 4.30. The van der Waals surface area contributed by atoms with Crippen LogP contribution >= 0.6 is 0 Å². The van der Waals surface area contributed by atoms with Crippen molar-refractivity contribution in [1.29, 1.82) is 0 Å². The molecule has 0 aromatic heterocycles. The molecule has 23 heavy (non-hydrogen) atoms. The highest BCUT2D eigenvalue weighted by molar-refractivity contribution is 7.86. The van der Waals surface area contributed by atoms with Crippen molar-refractivity contribution < 1.29 is 13.0 Å². The fraction of sp³-hybridized carbons (Fsp3) is 0.0588. The molecule has 0 atom stereocenters. The number of hydrogen-bond donors (Lipinski definition) is 1. The molecule has 3 rings (SSSR count). The van der Waals surface area contributed by atoms with Crippen LogP contribution in [0.5, 0.6) is 0 Å². The van der Waals surface area contributed by atoms with E-state index in [0.717, 1.165) is 5.56 Å². The van der Waals surface area contributed by atoms with Crippen LogP contribution in [0.4, 0.5) is 11.4 Å². The maximum absolute atomic E-state index is 11.6. The Kier molecular flexibility index (Phi) is 3.94. The standard InChI is InChI=1S/C17H14N2O3S/c1-12-6-8-14(9-7-12)18-19-15-10-13-4-2-3-5-16(13)17(11-15)23(20,21)22/h2-11H,1H3,(H,20,21,22). The SMILES string of the molecule is Cc1ccc(N=Nc2cc(S(=O)(=O)O)c3ccccc3c2)cc1. The molecule has 0 unspecified atom stereocenters. The molecule has 0 aliphatic carbocycles. The van der Waals surface area contributed by atoms with Crippen molar-refractivity contribution in [2.45, 2.75) is 11.8 Å². The molecule has 0 saturated carbocycles. The lowest BCUT2D eigenvalue weighted by Crippen LogP contribution is -1.98. The van der Waals surface area contributed by atoms with Gasteiger partial charge >= 0.3 is 0 Å². The average molecular weight is 326 g/mol. The smallest absolute Gasteiger partial charge is 0.282 e. The molecule has 1 N–H and O–H groups in total. The normalized spacial score (nSPS) is 12.1. The Bertz CT molecular complexity index is 994. The summed E-state index contributed by atoms with van der Waals surface area (Å²) in [5.41, 5.74) is 2.14. The molecule has 0 radical (unpaired) electrons. The van der Waals surface area contributed by atoms with Gasteiger partial charge in [-0.1, -0.05) is 42.0 Å². The van der Waals surface area contributed by atoms with Gasteiger partial charge in [0, 0.05) is 5.39 Å². The Morgan fingerprint density at radius 3 is 2.22 bits per heavy atom. The molecule has 0 heterocycles. The Labute approximate surface area is 134 Å². The molecule has 3 aromatic rings. The van der Waals surface area contributed by atoms with Crippen LogP contribution in [-0.4, -0.2) is 13.0 Å². The number of hydrogen-bond acceptors (Lipinski definition) is 4. The number of benzene rings is 3. The summed E-state index contributed by atoms with van der Waals surface area (Å²) < 4.78 is 32.6. The summed E-state index contributed by atoms with van der Waals surface area (Å²) in [6, 6.07) is 17.4. The highest BCUT2D eigenvalue weighted by atomic mass is 32.2. The summed E-state index contributed by atoms with van der Waals surface area (Å²) in [6.45, 7) is 1.97. The predicted octanol–water partition coefficient (Wildman–Crippen LogP) is 4.81. The molecule has 6 heteroatoms. The van der Waals surface area contributed by atoms with Crippen LogP contribution in [0.3, 0.4) is 0 Å². The van der Waals surface area contributed by atoms with Crippen molar-refractivity contribution in [3.05, 3.63) is 66.2 Å². The summed E-state index contributed by atoms with van der Waals surface area (Å²) in [7, 11) is -4.34. The van der Waals surface area contributed by atoms with E-state index in [1.165, 1.54) is 6.07 Å². The number of rotatable bonds is 3. The maximum Gasteiger partial charge on any atom is 0.295 e. The van der Waals surface area contributed by atoms with Crippen LogP contribution in [-0.2, 0) is 10.1 Å². The van der Waals surface area contributed by atoms with Gasteiger partial charge in [-0.25, -0.2) is 0 Å². The molecule has 0 spiro atoms. The van der Waals surface area contributed by atoms with Gasteiger partial charge in [0.1, 0.15) is 4.90 Å². The van der Waals surface area contributed by atoms with Crippen LogP contribution in [0.25, 0.3) is 10.8 Å². The van der Waals surface area contributed by atoms with Gasteiger partial charge in [-0.15, -0.1) is 0 Å². The van der Waals surface area contributed by atoms with E-state index >= 15 is 0 Å². The van der Waals surface area contributed by atoms with E-state index < -0.39 is 10.1 Å². The molecule has 0 fully saturated rings. The zero-order chi connectivity index (χ0) is 16.4. The van der Waals surface area contributed by atoms with Crippen molar-refractivity contribution in [3.8, 4) is 0 Å². The second-order valence-corrected chi connectivity index (χ2v) is 6.57. The van der Waals surface area contributed by atoms with Gasteiger partial charge in [0.25, 0.3) is 10.1 Å². The maximum atomic E-state index is 11.6. The van der Waals surface area contributed by atoms with Gasteiger partial charge in [0.05, 0.1) is 11.4 Å². The Morgan fingerprint density at radius 2 is 1.52 bits per heavy atom. The quantitative estimate of drug-likeness (QED) is 0.554. The third-order valence-electron chi connectivity index (χ3n) is 3.40. The first kappa shape index (κ1) is 15.3. The van der Waals surface area contributed by atoms with Gasteiger partial charge < -0.3 is 0 Å². The zero-order valence-electron chi connectivity index (χ0n) is 12.3. The largest absolute Gasteiger partial charge is 0.295 e. The van der Waals surface area contributed by atoms with E-state index in [4.69, 9.17) is 0 Å². The summed E-state index contributed by atoms with van der Waals surface area (Å²) >= 11 is 0. The minimum absolute atomic E-state index is 0.173. The first-order valence-corrected chi connectivity index (χ1v) is 8.36. The van der Waals surface area contributed by atoms with Gasteiger partial charge in [0.2, 0.25) is 0 Å². The topological polar surface area (TPSA) is 79.1 Å². The van der Waals surface area contributed by atoms with Crippen molar-refractivity contribution in [2.24, 2.45) is 10.2 Å². The van der Waals surface area contributed by atoms with E-state index in [1.54, 1.807) is 30.3 Å². The molecule has 0 saturated heterocycles. The molecule has 0 amide bonds. The minimum Gasteiger partial charge on any atom is -0.282 e. The first-order chi connectivity index (χ1) is 10.9. The summed E-state index contributed by atoms with van der Waals surface area (Å²) in [6.07, 6.45) is 0. The van der Waals surface area contributed by atoms with E-state index in [2.05, 4.69) is 10.2 Å². The zero-order valence-corrected chi connectivity index (χ0v) is 13.2. The second-order valence-electron chi connectivity index (χ2n) is 5.18. The number of fused-ring (bicyclic) bond motifs is 1. The van der Waals surface area contributed by atoms with Gasteiger partial charge in [-0.05, 0) is 36.6 Å². The van der Waals surface area contributed by atoms with E-state index in [9.17, 15) is 13.0 Å². The molecule has 116 valence electrons. The highest BCUT2D eigenvalue weighted by Gasteiger charge is 2.15. The number of aryl methyl sites for hydroxylation is 1. The molecular formula is C17H14N2O3S. The van der Waals surface area contributed by atoms with Crippen LogP contribution in [0.15, 0.2) is 75.8 Å². The second kappa shape index (κ2) is 5.91. The molecule has 0 aliphatic heterocycles.